The van der Waals surface area contributed by atoms with Gasteiger partial charge in [0.05, 0.1) is 5.60 Å². The second-order valence-electron chi connectivity index (χ2n) is 3.74. The standard InChI is InChI=1S/C10H19NO/c1-4-7-11-8-5-10(2,12-3)6-9-11/h4H,1,5-9H2,2-3H3. The molecule has 0 N–H and O–H groups in total. The molecular formula is C10H19NO. The molecule has 1 rings (SSSR count). The first-order valence-electron chi connectivity index (χ1n) is 4.58. The zero-order chi connectivity index (χ0) is 9.03. The number of ether oxygens (including phenoxy) is 1. The van der Waals surface area contributed by atoms with Gasteiger partial charge in [-0.05, 0) is 19.8 Å². The van der Waals surface area contributed by atoms with E-state index in [0.29, 0.717) is 0 Å². The molecule has 0 bridgehead atoms. The molecule has 2 nitrogen and oxygen atoms in total. The maximum absolute atomic E-state index is 5.45. The zero-order valence-electron chi connectivity index (χ0n) is 8.18. The van der Waals surface area contributed by atoms with E-state index in [4.69, 9.17) is 4.74 Å². The molecule has 2 heteroatoms. The van der Waals surface area contributed by atoms with Crippen molar-refractivity contribution < 1.29 is 4.74 Å². The molecule has 0 unspecified atom stereocenters. The van der Waals surface area contributed by atoms with Gasteiger partial charge in [-0.1, -0.05) is 6.08 Å². The van der Waals surface area contributed by atoms with E-state index in [0.717, 1.165) is 32.5 Å². The molecule has 0 aromatic rings. The van der Waals surface area contributed by atoms with Gasteiger partial charge in [0.1, 0.15) is 0 Å². The Morgan fingerprint density at radius 2 is 2.08 bits per heavy atom. The van der Waals surface area contributed by atoms with Crippen molar-refractivity contribution >= 4 is 0 Å². The van der Waals surface area contributed by atoms with E-state index in [1.54, 1.807) is 0 Å². The van der Waals surface area contributed by atoms with Crippen LogP contribution in [-0.2, 0) is 4.74 Å². The Balaban J connectivity index is 2.33. The lowest BCUT2D eigenvalue weighted by Crippen LogP contribution is -2.43. The SMILES string of the molecule is C=CCN1CCC(C)(OC)CC1. The second kappa shape index (κ2) is 4.06. The van der Waals surface area contributed by atoms with Crippen LogP contribution in [0.5, 0.6) is 0 Å². The van der Waals surface area contributed by atoms with Gasteiger partial charge in [0.25, 0.3) is 0 Å². The average molecular weight is 169 g/mol. The minimum Gasteiger partial charge on any atom is -0.378 e. The van der Waals surface area contributed by atoms with Crippen molar-refractivity contribution in [2.45, 2.75) is 25.4 Å². The summed E-state index contributed by atoms with van der Waals surface area (Å²) in [4.78, 5) is 2.41. The molecule has 0 aromatic carbocycles. The topological polar surface area (TPSA) is 12.5 Å². The molecule has 1 fully saturated rings. The largest absolute Gasteiger partial charge is 0.378 e. The van der Waals surface area contributed by atoms with Gasteiger partial charge in [0.15, 0.2) is 0 Å². The Bertz CT molecular complexity index is 148. The number of hydrogen-bond acceptors (Lipinski definition) is 2. The number of rotatable bonds is 3. The molecule has 70 valence electrons. The molecule has 0 radical (unpaired) electrons. The molecule has 12 heavy (non-hydrogen) atoms. The Hall–Kier alpha value is -0.340. The monoisotopic (exact) mass is 169 g/mol. The third kappa shape index (κ3) is 2.32. The Kier molecular flexibility index (Phi) is 3.29. The molecule has 0 aliphatic carbocycles. The fourth-order valence-corrected chi connectivity index (χ4v) is 1.60. The first kappa shape index (κ1) is 9.75. The van der Waals surface area contributed by atoms with Crippen LogP contribution < -0.4 is 0 Å². The van der Waals surface area contributed by atoms with Gasteiger partial charge in [0, 0.05) is 26.7 Å². The maximum atomic E-state index is 5.45. The van der Waals surface area contributed by atoms with Crippen molar-refractivity contribution in [3.05, 3.63) is 12.7 Å². The summed E-state index contributed by atoms with van der Waals surface area (Å²) in [6.45, 7) is 9.22. The normalized spacial score (nSPS) is 23.8. The van der Waals surface area contributed by atoms with Crippen molar-refractivity contribution in [1.29, 1.82) is 0 Å². The maximum Gasteiger partial charge on any atom is 0.0675 e. The lowest BCUT2D eigenvalue weighted by Gasteiger charge is -2.37. The summed E-state index contributed by atoms with van der Waals surface area (Å²) in [7, 11) is 1.81. The third-order valence-corrected chi connectivity index (χ3v) is 2.79. The van der Waals surface area contributed by atoms with Crippen molar-refractivity contribution in [2.24, 2.45) is 0 Å². The highest BCUT2D eigenvalue weighted by Crippen LogP contribution is 2.24. The van der Waals surface area contributed by atoms with Crippen LogP contribution in [0, 0.1) is 0 Å². The molecule has 1 aliphatic rings. The van der Waals surface area contributed by atoms with E-state index in [2.05, 4.69) is 18.4 Å². The number of piperidine rings is 1. The summed E-state index contributed by atoms with van der Waals surface area (Å²) < 4.78 is 5.45. The minimum atomic E-state index is 0.123. The molecule has 0 amide bonds. The number of nitrogens with zero attached hydrogens (tertiary/aromatic N) is 1. The molecule has 1 heterocycles. The Morgan fingerprint density at radius 1 is 1.50 bits per heavy atom. The van der Waals surface area contributed by atoms with Gasteiger partial charge in [-0.25, -0.2) is 0 Å². The Morgan fingerprint density at radius 3 is 2.50 bits per heavy atom. The van der Waals surface area contributed by atoms with E-state index in [9.17, 15) is 0 Å². The van der Waals surface area contributed by atoms with Gasteiger partial charge < -0.3 is 4.74 Å². The van der Waals surface area contributed by atoms with Crippen LogP contribution in [0.1, 0.15) is 19.8 Å². The van der Waals surface area contributed by atoms with Crippen LogP contribution in [-0.4, -0.2) is 37.2 Å². The van der Waals surface area contributed by atoms with Crippen molar-refractivity contribution in [2.75, 3.05) is 26.7 Å². The summed E-state index contributed by atoms with van der Waals surface area (Å²) in [6, 6.07) is 0. The van der Waals surface area contributed by atoms with Gasteiger partial charge in [0.2, 0.25) is 0 Å². The molecule has 0 spiro atoms. The van der Waals surface area contributed by atoms with E-state index in [1.165, 1.54) is 0 Å². The van der Waals surface area contributed by atoms with Gasteiger partial charge in [-0.15, -0.1) is 6.58 Å². The Labute approximate surface area is 75.2 Å². The summed E-state index contributed by atoms with van der Waals surface area (Å²) in [5.41, 5.74) is 0.123. The average Bonchev–Trinajstić information content (AvgIpc) is 2.10. The molecule has 1 aliphatic heterocycles. The number of likely N-dealkylation sites (tertiary alicyclic amines) is 1. The second-order valence-corrected chi connectivity index (χ2v) is 3.74. The highest BCUT2D eigenvalue weighted by molar-refractivity contribution is 4.85. The van der Waals surface area contributed by atoms with E-state index < -0.39 is 0 Å². The first-order chi connectivity index (χ1) is 5.70. The van der Waals surface area contributed by atoms with E-state index >= 15 is 0 Å². The van der Waals surface area contributed by atoms with E-state index in [-0.39, 0.29) is 5.60 Å². The summed E-state index contributed by atoms with van der Waals surface area (Å²) in [6.07, 6.45) is 4.24. The van der Waals surface area contributed by atoms with Crippen LogP contribution in [0.15, 0.2) is 12.7 Å². The fraction of sp³-hybridized carbons (Fsp3) is 0.800. The smallest absolute Gasteiger partial charge is 0.0675 e. The number of methoxy groups -OCH3 is 1. The van der Waals surface area contributed by atoms with Crippen molar-refractivity contribution in [1.82, 2.24) is 4.90 Å². The quantitative estimate of drug-likeness (QED) is 0.596. The predicted molar refractivity (Wildman–Crippen MR) is 51.3 cm³/mol. The highest BCUT2D eigenvalue weighted by atomic mass is 16.5. The summed E-state index contributed by atoms with van der Waals surface area (Å²) >= 11 is 0. The highest BCUT2D eigenvalue weighted by Gasteiger charge is 2.28. The lowest BCUT2D eigenvalue weighted by molar-refractivity contribution is -0.0406. The fourth-order valence-electron chi connectivity index (χ4n) is 1.60. The molecular weight excluding hydrogens is 150 g/mol. The lowest BCUT2D eigenvalue weighted by atomic mass is 9.93. The molecule has 0 atom stereocenters. The third-order valence-electron chi connectivity index (χ3n) is 2.79. The van der Waals surface area contributed by atoms with Gasteiger partial charge in [-0.3, -0.25) is 4.90 Å². The van der Waals surface area contributed by atoms with Gasteiger partial charge in [-0.2, -0.15) is 0 Å². The van der Waals surface area contributed by atoms with E-state index in [1.807, 2.05) is 13.2 Å². The molecule has 0 aromatic heterocycles. The first-order valence-corrected chi connectivity index (χ1v) is 4.58. The van der Waals surface area contributed by atoms with Crippen LogP contribution >= 0.6 is 0 Å². The summed E-state index contributed by atoms with van der Waals surface area (Å²) in [5, 5.41) is 0. The molecule has 1 saturated heterocycles. The van der Waals surface area contributed by atoms with Crippen LogP contribution in [0.25, 0.3) is 0 Å². The summed E-state index contributed by atoms with van der Waals surface area (Å²) in [5.74, 6) is 0. The van der Waals surface area contributed by atoms with Crippen molar-refractivity contribution in [3.63, 3.8) is 0 Å². The van der Waals surface area contributed by atoms with Crippen LogP contribution in [0.4, 0.5) is 0 Å². The predicted octanol–water partition coefficient (Wildman–Crippen LogP) is 1.67. The zero-order valence-corrected chi connectivity index (χ0v) is 8.18. The van der Waals surface area contributed by atoms with Crippen LogP contribution in [0.2, 0.25) is 0 Å². The number of hydrogen-bond donors (Lipinski definition) is 0. The van der Waals surface area contributed by atoms with Crippen molar-refractivity contribution in [3.8, 4) is 0 Å². The minimum absolute atomic E-state index is 0.123. The van der Waals surface area contributed by atoms with Gasteiger partial charge >= 0.3 is 0 Å². The molecule has 0 saturated carbocycles. The van der Waals surface area contributed by atoms with Crippen LogP contribution in [0.3, 0.4) is 0 Å².